The van der Waals surface area contributed by atoms with Crippen molar-refractivity contribution in [2.45, 2.75) is 128 Å². The first-order valence-electron chi connectivity index (χ1n) is 14.8. The van der Waals surface area contributed by atoms with Crippen molar-refractivity contribution < 1.29 is 49.0 Å². The van der Waals surface area contributed by atoms with E-state index in [1.165, 1.54) is 27.9 Å². The van der Waals surface area contributed by atoms with Crippen molar-refractivity contribution in [3.8, 4) is 0 Å². The first-order chi connectivity index (χ1) is 18.9. The van der Waals surface area contributed by atoms with Crippen LogP contribution in [0.15, 0.2) is 0 Å². The number of Topliss-reactive ketones (excluding diaryl/α,β-unsaturated/α-hetero) is 1. The van der Waals surface area contributed by atoms with Gasteiger partial charge in [0.2, 0.25) is 0 Å². The number of aliphatic hydroxyl groups is 4. The number of nitrogens with zero attached hydrogens (tertiary/aromatic N) is 1. The van der Waals surface area contributed by atoms with Crippen molar-refractivity contribution in [1.29, 1.82) is 0 Å². The molecule has 3 aliphatic rings. The van der Waals surface area contributed by atoms with Gasteiger partial charge in [0.05, 0.1) is 24.2 Å². The zero-order chi connectivity index (χ0) is 31.2. The molecule has 0 aromatic heterocycles. The van der Waals surface area contributed by atoms with Crippen LogP contribution in [0, 0.1) is 23.7 Å². The summed E-state index contributed by atoms with van der Waals surface area (Å²) >= 11 is 0. The van der Waals surface area contributed by atoms with Gasteiger partial charge in [0.15, 0.2) is 5.72 Å². The molecular weight excluding hydrogens is 536 g/mol. The average Bonchev–Trinajstić information content (AvgIpc) is 3.24. The summed E-state index contributed by atoms with van der Waals surface area (Å²) < 4.78 is 24.5. The molecule has 3 heterocycles. The molecule has 3 saturated heterocycles. The van der Waals surface area contributed by atoms with Crippen LogP contribution in [-0.4, -0.2) is 118 Å². The highest BCUT2D eigenvalue weighted by atomic mass is 16.8. The zero-order valence-electron chi connectivity index (χ0n) is 26.2. The highest BCUT2D eigenvalue weighted by molar-refractivity contribution is 5.83. The fraction of sp³-hybridized carbons (Fsp3) is 0.931. The minimum atomic E-state index is -1.93. The van der Waals surface area contributed by atoms with Gasteiger partial charge in [-0.15, -0.1) is 0 Å². The fourth-order valence-corrected chi connectivity index (χ4v) is 6.96. The maximum atomic E-state index is 13.7. The molecule has 5 N–H and O–H groups in total. The number of esters is 1. The van der Waals surface area contributed by atoms with E-state index in [9.17, 15) is 30.0 Å². The fourth-order valence-electron chi connectivity index (χ4n) is 6.96. The Balaban J connectivity index is 2.14. The van der Waals surface area contributed by atoms with E-state index in [-0.39, 0.29) is 30.8 Å². The first kappa shape index (κ1) is 34.3. The summed E-state index contributed by atoms with van der Waals surface area (Å²) in [5.74, 6) is -6.42. The number of fused-ring (bicyclic) bond motifs is 1. The van der Waals surface area contributed by atoms with Gasteiger partial charge >= 0.3 is 5.97 Å². The molecular formula is C29H52N2O10. The van der Waals surface area contributed by atoms with E-state index >= 15 is 0 Å². The van der Waals surface area contributed by atoms with E-state index in [0.717, 1.165) is 0 Å². The SMILES string of the molecule is CCC1OC(=O)[C@H](C)[C@@H](O)[C@H](C)[C@H]2O[C@]3(N[C@@]2(OC)C[C@@H](C)C(=O)[C@H](C)[C@@H](O)[C@]1(C)O)O[C@H](C)C[C@H](N(C)C)[C@H]3O. The molecule has 41 heavy (non-hydrogen) atoms. The Hall–Kier alpha value is -1.22. The number of hydrogen-bond acceptors (Lipinski definition) is 12. The Kier molecular flexibility index (Phi) is 10.4. The number of ether oxygens (including phenoxy) is 4. The molecule has 0 saturated carbocycles. The zero-order valence-corrected chi connectivity index (χ0v) is 26.2. The van der Waals surface area contributed by atoms with Crippen LogP contribution < -0.4 is 5.32 Å². The minimum absolute atomic E-state index is 0.0259. The van der Waals surface area contributed by atoms with Gasteiger partial charge in [0.25, 0.3) is 5.91 Å². The summed E-state index contributed by atoms with van der Waals surface area (Å²) in [6, 6.07) is -0.342. The third-order valence-corrected chi connectivity index (χ3v) is 9.68. The van der Waals surface area contributed by atoms with E-state index in [2.05, 4.69) is 5.32 Å². The molecule has 3 fully saturated rings. The summed E-state index contributed by atoms with van der Waals surface area (Å²) in [5.41, 5.74) is -3.38. The lowest BCUT2D eigenvalue weighted by Crippen LogP contribution is -2.68. The van der Waals surface area contributed by atoms with Gasteiger partial charge in [0.1, 0.15) is 29.7 Å². The lowest BCUT2D eigenvalue weighted by atomic mass is 9.76. The van der Waals surface area contributed by atoms with Crippen LogP contribution in [-0.2, 0) is 28.5 Å². The van der Waals surface area contributed by atoms with E-state index < -0.39 is 77.4 Å². The number of rotatable bonds is 3. The van der Waals surface area contributed by atoms with Crippen molar-refractivity contribution >= 4 is 11.8 Å². The van der Waals surface area contributed by atoms with Crippen LogP contribution in [0.4, 0.5) is 0 Å². The molecule has 3 aliphatic heterocycles. The summed E-state index contributed by atoms with van der Waals surface area (Å²) in [6.07, 6.45) is -5.71. The summed E-state index contributed by atoms with van der Waals surface area (Å²) in [5, 5.41) is 48.8. The highest BCUT2D eigenvalue weighted by Crippen LogP contribution is 2.46. The Morgan fingerprint density at radius 3 is 2.17 bits per heavy atom. The van der Waals surface area contributed by atoms with Gasteiger partial charge in [-0.05, 0) is 47.7 Å². The summed E-state index contributed by atoms with van der Waals surface area (Å²) in [6.45, 7) is 11.4. The van der Waals surface area contributed by atoms with Crippen molar-refractivity contribution in [2.75, 3.05) is 21.2 Å². The van der Waals surface area contributed by atoms with Crippen molar-refractivity contribution in [3.63, 3.8) is 0 Å². The van der Waals surface area contributed by atoms with Gasteiger partial charge in [-0.3, -0.25) is 9.59 Å². The third kappa shape index (κ3) is 6.09. The molecule has 14 atom stereocenters. The van der Waals surface area contributed by atoms with Crippen LogP contribution >= 0.6 is 0 Å². The lowest BCUT2D eigenvalue weighted by Gasteiger charge is -2.47. The van der Waals surface area contributed by atoms with Gasteiger partial charge < -0.3 is 44.3 Å². The first-order valence-corrected chi connectivity index (χ1v) is 14.8. The highest BCUT2D eigenvalue weighted by Gasteiger charge is 2.66. The number of likely N-dealkylation sites (N-methyl/N-ethyl adjacent to an activating group) is 1. The van der Waals surface area contributed by atoms with E-state index in [4.69, 9.17) is 18.9 Å². The predicted octanol–water partition coefficient (Wildman–Crippen LogP) is 0.383. The van der Waals surface area contributed by atoms with Crippen LogP contribution in [0.3, 0.4) is 0 Å². The average molecular weight is 589 g/mol. The number of methoxy groups -OCH3 is 1. The number of cyclic esters (lactones) is 1. The van der Waals surface area contributed by atoms with E-state index in [1.54, 1.807) is 20.8 Å². The van der Waals surface area contributed by atoms with Crippen LogP contribution in [0.25, 0.3) is 0 Å². The monoisotopic (exact) mass is 588 g/mol. The van der Waals surface area contributed by atoms with Crippen LogP contribution in [0.1, 0.15) is 67.7 Å². The second-order valence-corrected chi connectivity index (χ2v) is 13.0. The number of carbonyl (C=O) groups excluding carboxylic acids is 2. The van der Waals surface area contributed by atoms with E-state index in [0.29, 0.717) is 6.42 Å². The molecule has 12 heteroatoms. The number of ketones is 1. The van der Waals surface area contributed by atoms with Crippen molar-refractivity contribution in [2.24, 2.45) is 23.7 Å². The second kappa shape index (κ2) is 12.4. The molecule has 0 aromatic rings. The molecule has 238 valence electrons. The predicted molar refractivity (Wildman–Crippen MR) is 148 cm³/mol. The molecule has 0 bridgehead atoms. The van der Waals surface area contributed by atoms with Crippen molar-refractivity contribution in [1.82, 2.24) is 10.2 Å². The molecule has 0 aliphatic carbocycles. The second-order valence-electron chi connectivity index (χ2n) is 13.0. The van der Waals surface area contributed by atoms with Crippen molar-refractivity contribution in [3.05, 3.63) is 0 Å². The normalized spacial score (nSPS) is 50.5. The molecule has 0 aromatic carbocycles. The van der Waals surface area contributed by atoms with Gasteiger partial charge in [-0.2, -0.15) is 0 Å². The largest absolute Gasteiger partial charge is 0.459 e. The van der Waals surface area contributed by atoms with E-state index in [1.807, 2.05) is 25.9 Å². The molecule has 3 rings (SSSR count). The van der Waals surface area contributed by atoms with Gasteiger partial charge in [-0.25, -0.2) is 5.32 Å². The molecule has 0 radical (unpaired) electrons. The Bertz CT molecular complexity index is 949. The maximum Gasteiger partial charge on any atom is 0.311 e. The molecule has 1 spiro atoms. The van der Waals surface area contributed by atoms with Gasteiger partial charge in [0, 0.05) is 37.3 Å². The number of hydrogen-bond donors (Lipinski definition) is 5. The third-order valence-electron chi connectivity index (χ3n) is 9.68. The Morgan fingerprint density at radius 1 is 1.02 bits per heavy atom. The number of carbonyl (C=O) groups is 2. The maximum absolute atomic E-state index is 13.7. The Morgan fingerprint density at radius 2 is 1.63 bits per heavy atom. The lowest BCUT2D eigenvalue weighted by molar-refractivity contribution is -0.335. The molecule has 0 amide bonds. The standard InChI is InChI=1S/C29H52N2O10/c1-11-20-27(7,37)23(34)16(4)21(32)14(2)13-28(38-10)25(17(5)22(33)18(6)26(36)39-20)41-29(30-28)24(35)19(31(8)9)12-15(3)40-29/h14-20,22-25,30,33-35,37H,11-13H2,1-10H3/t14-,15-,16+,17+,18-,19+,20?,22+,23-,24-,25-,27-,28-,29-/m1/s1. The molecule has 1 unspecified atom stereocenters. The van der Waals surface area contributed by atoms with Crippen LogP contribution in [0.2, 0.25) is 0 Å². The number of nitrogens with one attached hydrogen (secondary N) is 1. The smallest absolute Gasteiger partial charge is 0.311 e. The van der Waals surface area contributed by atoms with Gasteiger partial charge in [-0.1, -0.05) is 27.7 Å². The summed E-state index contributed by atoms with van der Waals surface area (Å²) in [7, 11) is 5.14. The Labute approximate surface area is 243 Å². The topological polar surface area (TPSA) is 167 Å². The van der Waals surface area contributed by atoms with Crippen LogP contribution in [0.5, 0.6) is 0 Å². The molecule has 12 nitrogen and oxygen atoms in total. The number of aliphatic hydroxyl groups excluding tert-OH is 3. The minimum Gasteiger partial charge on any atom is -0.459 e. The summed E-state index contributed by atoms with van der Waals surface area (Å²) in [4.78, 5) is 28.8. The quantitative estimate of drug-likeness (QED) is 0.288.